The molecule has 0 aromatic carbocycles. The Labute approximate surface area is 335 Å². The van der Waals surface area contributed by atoms with Gasteiger partial charge >= 0.3 is 5.97 Å². The molecular formula is C42H68O15. The lowest BCUT2D eigenvalue weighted by atomic mass is 9.32. The Hall–Kier alpha value is -1.31. The van der Waals surface area contributed by atoms with Crippen molar-refractivity contribution in [2.24, 2.45) is 50.2 Å². The summed E-state index contributed by atoms with van der Waals surface area (Å²) in [7, 11) is 0. The maximum Gasteiger partial charge on any atom is 0.317 e. The predicted octanol–water partition coefficient (Wildman–Crippen LogP) is 0.256. The van der Waals surface area contributed by atoms with Crippen LogP contribution in [0, 0.1) is 50.2 Å². The summed E-state index contributed by atoms with van der Waals surface area (Å²) in [5, 5.41) is 110. The van der Waals surface area contributed by atoms with E-state index >= 15 is 0 Å². The van der Waals surface area contributed by atoms with Crippen molar-refractivity contribution in [1.82, 2.24) is 0 Å². The molecule has 326 valence electrons. The molecule has 2 heterocycles. The van der Waals surface area contributed by atoms with Crippen molar-refractivity contribution in [3.8, 4) is 0 Å². The summed E-state index contributed by atoms with van der Waals surface area (Å²) >= 11 is 0. The predicted molar refractivity (Wildman–Crippen MR) is 200 cm³/mol. The van der Waals surface area contributed by atoms with Gasteiger partial charge in [-0.25, -0.2) is 0 Å². The molecule has 0 aromatic rings. The molecule has 21 atom stereocenters. The zero-order chi connectivity index (χ0) is 42.2. The highest BCUT2D eigenvalue weighted by atomic mass is 16.7. The number of carbonyl (C=O) groups excluding carboxylic acids is 1. The number of rotatable bonds is 5. The molecule has 15 nitrogen and oxygen atoms in total. The summed E-state index contributed by atoms with van der Waals surface area (Å²) in [6, 6.07) is 0. The lowest BCUT2D eigenvalue weighted by molar-refractivity contribution is -0.346. The van der Waals surface area contributed by atoms with Crippen LogP contribution in [0.5, 0.6) is 0 Å². The van der Waals surface area contributed by atoms with Crippen LogP contribution < -0.4 is 0 Å². The van der Waals surface area contributed by atoms with Crippen molar-refractivity contribution >= 4 is 5.97 Å². The van der Waals surface area contributed by atoms with Crippen molar-refractivity contribution in [3.05, 3.63) is 11.6 Å². The average molecular weight is 813 g/mol. The smallest absolute Gasteiger partial charge is 0.317 e. The molecule has 0 bridgehead atoms. The molecule has 6 fully saturated rings. The minimum Gasteiger partial charge on any atom is -0.432 e. The van der Waals surface area contributed by atoms with Crippen LogP contribution in [0.1, 0.15) is 100 Å². The molecule has 7 rings (SSSR count). The number of ether oxygens (including phenoxy) is 4. The minimum atomic E-state index is -1.69. The maximum absolute atomic E-state index is 14.6. The lowest BCUT2D eigenvalue weighted by Gasteiger charge is -2.73. The molecule has 10 N–H and O–H groups in total. The SMILES string of the molecule is CC1OC(OC(=O)C23CCC(C)(C)CC2C2=CCC4C5(C)CC(O)C(OC6OC(CO)C(O)C(O)C6O)C(C)(C)C5C(O)CC4(C)C2(C)CC3O)C(O)C(O)C1O. The van der Waals surface area contributed by atoms with Crippen molar-refractivity contribution < 1.29 is 74.8 Å². The van der Waals surface area contributed by atoms with E-state index < -0.39 is 137 Å². The van der Waals surface area contributed by atoms with Crippen LogP contribution in [0.4, 0.5) is 0 Å². The first-order chi connectivity index (χ1) is 26.3. The van der Waals surface area contributed by atoms with Crippen LogP contribution in [0.2, 0.25) is 0 Å². The van der Waals surface area contributed by atoms with Crippen LogP contribution in [0.3, 0.4) is 0 Å². The number of allylic oxidation sites excluding steroid dienone is 2. The van der Waals surface area contributed by atoms with Gasteiger partial charge in [0.1, 0.15) is 48.1 Å². The number of carbonyl (C=O) groups is 1. The van der Waals surface area contributed by atoms with Crippen LogP contribution in [0.25, 0.3) is 0 Å². The fourth-order valence-corrected chi connectivity index (χ4v) is 13.9. The quantitative estimate of drug-likeness (QED) is 0.102. The molecule has 15 heteroatoms. The third-order valence-electron chi connectivity index (χ3n) is 17.0. The van der Waals surface area contributed by atoms with Gasteiger partial charge in [0.2, 0.25) is 6.29 Å². The van der Waals surface area contributed by atoms with Crippen LogP contribution in [-0.2, 0) is 23.7 Å². The number of aliphatic hydroxyl groups excluding tert-OH is 10. The highest BCUT2D eigenvalue weighted by molar-refractivity contribution is 5.80. The average Bonchev–Trinajstić information content (AvgIpc) is 3.10. The highest BCUT2D eigenvalue weighted by Gasteiger charge is 2.74. The number of hydrogen-bond donors (Lipinski definition) is 10. The van der Waals surface area contributed by atoms with E-state index in [1.165, 1.54) is 6.92 Å². The Kier molecular flexibility index (Phi) is 11.0. The van der Waals surface area contributed by atoms with Crippen LogP contribution in [0.15, 0.2) is 11.6 Å². The summed E-state index contributed by atoms with van der Waals surface area (Å²) in [4.78, 5) is 14.6. The Balaban J connectivity index is 1.22. The second-order valence-corrected chi connectivity index (χ2v) is 21.1. The van der Waals surface area contributed by atoms with Gasteiger partial charge in [-0.15, -0.1) is 0 Å². The normalized spacial score (nSPS) is 55.6. The van der Waals surface area contributed by atoms with Gasteiger partial charge in [0.05, 0.1) is 37.1 Å². The topological polar surface area (TPSA) is 256 Å². The van der Waals surface area contributed by atoms with E-state index in [0.29, 0.717) is 32.1 Å². The van der Waals surface area contributed by atoms with E-state index in [1.54, 1.807) is 0 Å². The van der Waals surface area contributed by atoms with Crippen molar-refractivity contribution in [1.29, 1.82) is 0 Å². The molecule has 0 radical (unpaired) electrons. The fourth-order valence-electron chi connectivity index (χ4n) is 13.9. The molecule has 5 aliphatic carbocycles. The minimum absolute atomic E-state index is 0.0993. The molecule has 0 spiro atoms. The van der Waals surface area contributed by atoms with E-state index in [4.69, 9.17) is 18.9 Å². The first-order valence-electron chi connectivity index (χ1n) is 20.9. The van der Waals surface area contributed by atoms with Crippen LogP contribution in [-0.4, -0.2) is 149 Å². The van der Waals surface area contributed by atoms with E-state index in [2.05, 4.69) is 40.7 Å². The van der Waals surface area contributed by atoms with E-state index in [-0.39, 0.29) is 24.2 Å². The van der Waals surface area contributed by atoms with Crippen LogP contribution >= 0.6 is 0 Å². The van der Waals surface area contributed by atoms with E-state index in [1.807, 2.05) is 13.8 Å². The number of hydrogen-bond acceptors (Lipinski definition) is 15. The molecule has 57 heavy (non-hydrogen) atoms. The van der Waals surface area contributed by atoms with E-state index in [9.17, 15) is 55.9 Å². The third kappa shape index (κ3) is 6.26. The summed E-state index contributed by atoms with van der Waals surface area (Å²) < 4.78 is 23.5. The van der Waals surface area contributed by atoms with Gasteiger partial charge in [-0.1, -0.05) is 60.1 Å². The fraction of sp³-hybridized carbons (Fsp3) is 0.929. The van der Waals surface area contributed by atoms with Crippen molar-refractivity contribution in [2.45, 2.75) is 186 Å². The molecular weight excluding hydrogens is 744 g/mol. The standard InChI is InChI=1S/C42H68O15/c1-18-26(47)28(49)30(51)34(54-18)57-36(53)42-12-11-37(2,3)13-20(42)19-9-10-24-39(6)14-22(45)33(56-35-31(52)29(50)27(48)23(17-43)55-35)38(4,5)32(39)21(44)15-41(24,8)40(19,7)16-25(42)46/h9,18,20-35,43-52H,10-17H2,1-8H3. The summed E-state index contributed by atoms with van der Waals surface area (Å²) in [5.74, 6) is -1.70. The largest absolute Gasteiger partial charge is 0.432 e. The first kappa shape index (κ1) is 43.8. The Morgan fingerprint density at radius 2 is 1.39 bits per heavy atom. The van der Waals surface area contributed by atoms with Crippen molar-refractivity contribution in [3.63, 3.8) is 0 Å². The monoisotopic (exact) mass is 812 g/mol. The number of esters is 1. The summed E-state index contributed by atoms with van der Waals surface area (Å²) in [6.07, 6.45) is -13.7. The van der Waals surface area contributed by atoms with Gasteiger partial charge in [-0.2, -0.15) is 0 Å². The molecule has 4 saturated carbocycles. The maximum atomic E-state index is 14.6. The molecule has 2 aliphatic heterocycles. The molecule has 21 unspecified atom stereocenters. The van der Waals surface area contributed by atoms with Crippen molar-refractivity contribution in [2.75, 3.05) is 6.61 Å². The first-order valence-corrected chi connectivity index (χ1v) is 20.9. The third-order valence-corrected chi connectivity index (χ3v) is 17.0. The van der Waals surface area contributed by atoms with E-state index in [0.717, 1.165) is 5.57 Å². The second-order valence-electron chi connectivity index (χ2n) is 21.1. The summed E-state index contributed by atoms with van der Waals surface area (Å²) in [6.45, 7) is 15.4. The van der Waals surface area contributed by atoms with Gasteiger partial charge in [0.25, 0.3) is 0 Å². The molecule has 0 aromatic heterocycles. The lowest BCUT2D eigenvalue weighted by Crippen LogP contribution is -2.72. The zero-order valence-corrected chi connectivity index (χ0v) is 34.6. The second kappa shape index (κ2) is 14.4. The van der Waals surface area contributed by atoms with Gasteiger partial charge in [-0.3, -0.25) is 4.79 Å². The van der Waals surface area contributed by atoms with Gasteiger partial charge in [0.15, 0.2) is 6.29 Å². The molecule has 7 aliphatic rings. The Morgan fingerprint density at radius 3 is 2.04 bits per heavy atom. The summed E-state index contributed by atoms with van der Waals surface area (Å²) in [5.41, 5.74) is -3.47. The van der Waals surface area contributed by atoms with Gasteiger partial charge < -0.3 is 70.0 Å². The van der Waals surface area contributed by atoms with Gasteiger partial charge in [-0.05, 0) is 96.7 Å². The number of aliphatic hydroxyl groups is 10. The Morgan fingerprint density at radius 1 is 0.754 bits per heavy atom. The highest BCUT2D eigenvalue weighted by Crippen LogP contribution is 2.76. The zero-order valence-electron chi connectivity index (χ0n) is 34.6. The van der Waals surface area contributed by atoms with Gasteiger partial charge in [0, 0.05) is 0 Å². The molecule has 0 amide bonds. The number of fused-ring (bicyclic) bond motifs is 7. The Bertz CT molecular complexity index is 1570. The molecule has 2 saturated heterocycles.